The number of aromatic nitrogens is 1. The molecule has 214 valence electrons. The van der Waals surface area contributed by atoms with Crippen molar-refractivity contribution in [3.8, 4) is 11.5 Å². The van der Waals surface area contributed by atoms with E-state index in [1.54, 1.807) is 31.4 Å². The fraction of sp³-hybridized carbons (Fsp3) is 0.400. The average Bonchev–Trinajstić information content (AvgIpc) is 3.43. The van der Waals surface area contributed by atoms with Crippen LogP contribution in [0.25, 0.3) is 0 Å². The SMILES string of the molecule is COc1ccc([C@@H]2c3sc(=O)n(CC(=O)N4CCCCC4)c3SC3C(=O)N(c4ccc(C)cc4)C(=O)C32)cc1OC. The van der Waals surface area contributed by atoms with Gasteiger partial charge in [-0.05, 0) is 56.0 Å². The number of ether oxygens (including phenoxy) is 2. The molecule has 9 nitrogen and oxygen atoms in total. The molecular formula is C30H31N3O6S2. The van der Waals surface area contributed by atoms with Gasteiger partial charge in [-0.1, -0.05) is 46.9 Å². The minimum absolute atomic E-state index is 0.0858. The van der Waals surface area contributed by atoms with E-state index < -0.39 is 17.1 Å². The molecule has 11 heteroatoms. The lowest BCUT2D eigenvalue weighted by Crippen LogP contribution is -2.39. The van der Waals surface area contributed by atoms with E-state index in [2.05, 4.69) is 0 Å². The van der Waals surface area contributed by atoms with Gasteiger partial charge in [-0.15, -0.1) is 0 Å². The van der Waals surface area contributed by atoms with Gasteiger partial charge in [0.1, 0.15) is 11.8 Å². The molecule has 4 heterocycles. The third-order valence-corrected chi connectivity index (χ3v) is 10.7. The van der Waals surface area contributed by atoms with E-state index in [0.717, 1.165) is 41.7 Å². The van der Waals surface area contributed by atoms with Crippen molar-refractivity contribution in [1.29, 1.82) is 0 Å². The number of thioether (sulfide) groups is 1. The highest BCUT2D eigenvalue weighted by Gasteiger charge is 2.57. The Bertz CT molecular complexity index is 1570. The number of carbonyl (C=O) groups is 3. The summed E-state index contributed by atoms with van der Waals surface area (Å²) in [5.74, 6) is -1.02. The molecule has 0 spiro atoms. The standard InChI is InChI=1S/C30H31N3O6S2/c1-17-7-10-19(11-8-17)33-27(35)24-23(18-9-12-20(38-2)21(15-18)39-3)26-29(40-25(24)28(33)36)32(30(37)41-26)16-22(34)31-13-5-4-6-14-31/h7-12,15,23-25H,4-6,13-14,16H2,1-3H3/t23-,24?,25?/m0/s1. The van der Waals surface area contributed by atoms with E-state index in [0.29, 0.717) is 40.2 Å². The number of amides is 3. The molecule has 3 aliphatic heterocycles. The largest absolute Gasteiger partial charge is 0.493 e. The fourth-order valence-electron chi connectivity index (χ4n) is 5.99. The zero-order valence-electron chi connectivity index (χ0n) is 23.1. The first-order valence-electron chi connectivity index (χ1n) is 13.7. The number of nitrogens with zero attached hydrogens (tertiary/aromatic N) is 3. The monoisotopic (exact) mass is 593 g/mol. The van der Waals surface area contributed by atoms with Gasteiger partial charge in [0, 0.05) is 23.9 Å². The lowest BCUT2D eigenvalue weighted by atomic mass is 9.83. The molecule has 0 saturated carbocycles. The van der Waals surface area contributed by atoms with Crippen LogP contribution in [-0.2, 0) is 20.9 Å². The maximum atomic E-state index is 14.1. The van der Waals surface area contributed by atoms with Crippen molar-refractivity contribution in [2.24, 2.45) is 5.92 Å². The number of imide groups is 1. The van der Waals surface area contributed by atoms with Crippen LogP contribution in [0.3, 0.4) is 0 Å². The van der Waals surface area contributed by atoms with E-state index in [1.165, 1.54) is 28.3 Å². The third kappa shape index (κ3) is 4.74. The molecule has 1 aromatic heterocycles. The maximum absolute atomic E-state index is 14.1. The highest BCUT2D eigenvalue weighted by Crippen LogP contribution is 2.54. The van der Waals surface area contributed by atoms with Gasteiger partial charge in [-0.3, -0.25) is 23.7 Å². The van der Waals surface area contributed by atoms with Gasteiger partial charge in [-0.25, -0.2) is 4.90 Å². The Kier molecular flexibility index (Phi) is 7.41. The van der Waals surface area contributed by atoms with Crippen molar-refractivity contribution in [3.63, 3.8) is 0 Å². The van der Waals surface area contributed by atoms with Crippen LogP contribution in [-0.4, -0.2) is 59.7 Å². The van der Waals surface area contributed by atoms with E-state index >= 15 is 0 Å². The molecule has 3 aromatic rings. The third-order valence-electron chi connectivity index (χ3n) is 8.11. The van der Waals surface area contributed by atoms with Crippen molar-refractivity contribution < 1.29 is 23.9 Å². The van der Waals surface area contributed by atoms with Crippen LogP contribution < -0.4 is 19.2 Å². The van der Waals surface area contributed by atoms with Crippen LogP contribution in [0.15, 0.2) is 52.3 Å². The summed E-state index contributed by atoms with van der Waals surface area (Å²) in [6.45, 7) is 3.23. The molecule has 0 aliphatic carbocycles. The second-order valence-electron chi connectivity index (χ2n) is 10.6. The summed E-state index contributed by atoms with van der Waals surface area (Å²) < 4.78 is 12.5. The van der Waals surface area contributed by atoms with Crippen LogP contribution >= 0.6 is 23.1 Å². The van der Waals surface area contributed by atoms with Crippen molar-refractivity contribution >= 4 is 46.5 Å². The van der Waals surface area contributed by atoms with Crippen LogP contribution in [0, 0.1) is 12.8 Å². The number of aryl methyl sites for hydroxylation is 1. The molecule has 2 saturated heterocycles. The van der Waals surface area contributed by atoms with Crippen LogP contribution in [0.1, 0.15) is 41.2 Å². The summed E-state index contributed by atoms with van der Waals surface area (Å²) >= 11 is 2.27. The number of hydrogen-bond donors (Lipinski definition) is 0. The maximum Gasteiger partial charge on any atom is 0.308 e. The molecule has 2 aromatic carbocycles. The van der Waals surface area contributed by atoms with Crippen molar-refractivity contribution in [1.82, 2.24) is 9.47 Å². The van der Waals surface area contributed by atoms with Gasteiger partial charge in [-0.2, -0.15) is 0 Å². The van der Waals surface area contributed by atoms with E-state index in [9.17, 15) is 19.2 Å². The van der Waals surface area contributed by atoms with Crippen LogP contribution in [0.4, 0.5) is 5.69 Å². The summed E-state index contributed by atoms with van der Waals surface area (Å²) in [7, 11) is 3.09. The fourth-order valence-corrected chi connectivity index (χ4v) is 8.76. The molecule has 3 atom stereocenters. The lowest BCUT2D eigenvalue weighted by molar-refractivity contribution is -0.133. The molecule has 41 heavy (non-hydrogen) atoms. The summed E-state index contributed by atoms with van der Waals surface area (Å²) in [5, 5.41) is -0.168. The Labute approximate surface area is 246 Å². The number of thiazole rings is 1. The van der Waals surface area contributed by atoms with Gasteiger partial charge >= 0.3 is 4.87 Å². The summed E-state index contributed by atoms with van der Waals surface area (Å²) in [6, 6.07) is 12.7. The number of benzene rings is 2. The van der Waals surface area contributed by atoms with Gasteiger partial charge in [0.05, 0.1) is 30.9 Å². The van der Waals surface area contributed by atoms with Crippen molar-refractivity contribution in [2.75, 3.05) is 32.2 Å². The number of piperidine rings is 1. The first-order valence-corrected chi connectivity index (χ1v) is 15.4. The molecule has 2 unspecified atom stereocenters. The number of fused-ring (bicyclic) bond motifs is 2. The highest BCUT2D eigenvalue weighted by molar-refractivity contribution is 8.00. The second-order valence-corrected chi connectivity index (χ2v) is 12.7. The predicted octanol–water partition coefficient (Wildman–Crippen LogP) is 4.04. The Morgan fingerprint density at radius 2 is 1.63 bits per heavy atom. The Morgan fingerprint density at radius 1 is 0.927 bits per heavy atom. The Morgan fingerprint density at radius 3 is 2.32 bits per heavy atom. The Balaban J connectivity index is 1.46. The van der Waals surface area contributed by atoms with E-state index in [-0.39, 0.29) is 29.1 Å². The summed E-state index contributed by atoms with van der Waals surface area (Å²) in [5.41, 5.74) is 2.28. The molecular weight excluding hydrogens is 562 g/mol. The van der Waals surface area contributed by atoms with E-state index in [4.69, 9.17) is 9.47 Å². The minimum Gasteiger partial charge on any atom is -0.493 e. The lowest BCUT2D eigenvalue weighted by Gasteiger charge is -2.31. The number of carbonyl (C=O) groups excluding carboxylic acids is 3. The second kappa shape index (κ2) is 11.0. The highest BCUT2D eigenvalue weighted by atomic mass is 32.2. The molecule has 2 fully saturated rings. The summed E-state index contributed by atoms with van der Waals surface area (Å²) in [4.78, 5) is 58.1. The Hall–Kier alpha value is -3.57. The number of likely N-dealkylation sites (tertiary alicyclic amines) is 1. The molecule has 0 N–H and O–H groups in total. The zero-order valence-corrected chi connectivity index (χ0v) is 24.8. The average molecular weight is 594 g/mol. The predicted molar refractivity (Wildman–Crippen MR) is 157 cm³/mol. The molecule has 0 radical (unpaired) electrons. The number of hydrogen-bond acceptors (Lipinski definition) is 8. The first kappa shape index (κ1) is 27.6. The van der Waals surface area contributed by atoms with Crippen LogP contribution in [0.2, 0.25) is 0 Å². The van der Waals surface area contributed by atoms with Crippen LogP contribution in [0.5, 0.6) is 11.5 Å². The summed E-state index contributed by atoms with van der Waals surface area (Å²) in [6.07, 6.45) is 3.00. The topological polar surface area (TPSA) is 98.1 Å². The van der Waals surface area contributed by atoms with Crippen molar-refractivity contribution in [3.05, 3.63) is 68.1 Å². The first-order chi connectivity index (χ1) is 19.8. The molecule has 3 aliphatic rings. The molecule has 3 amide bonds. The van der Waals surface area contributed by atoms with Gasteiger partial charge in [0.2, 0.25) is 17.7 Å². The van der Waals surface area contributed by atoms with Gasteiger partial charge in [0.25, 0.3) is 0 Å². The number of anilines is 1. The van der Waals surface area contributed by atoms with E-state index in [1.807, 2.05) is 30.0 Å². The zero-order chi connectivity index (χ0) is 28.8. The quantitative estimate of drug-likeness (QED) is 0.398. The number of methoxy groups -OCH3 is 2. The minimum atomic E-state index is -0.750. The normalized spacial score (nSPS) is 22.0. The van der Waals surface area contributed by atoms with Gasteiger partial charge in [0.15, 0.2) is 11.5 Å². The molecule has 6 rings (SSSR count). The molecule has 0 bridgehead atoms. The smallest absolute Gasteiger partial charge is 0.308 e. The van der Waals surface area contributed by atoms with Gasteiger partial charge < -0.3 is 14.4 Å². The number of rotatable bonds is 6. The van der Waals surface area contributed by atoms with Crippen molar-refractivity contribution in [2.45, 2.75) is 48.9 Å².